The summed E-state index contributed by atoms with van der Waals surface area (Å²) < 4.78 is 0. The SMILES string of the molecule is CCCN(C)C(=O)c1ccc(NC(=O)C2NCc3ccccc32)cc1. The van der Waals surface area contributed by atoms with Crippen LogP contribution in [0.15, 0.2) is 48.5 Å². The molecule has 2 aromatic carbocycles. The van der Waals surface area contributed by atoms with E-state index < -0.39 is 0 Å². The van der Waals surface area contributed by atoms with Crippen molar-refractivity contribution >= 4 is 17.5 Å². The number of hydrogen-bond acceptors (Lipinski definition) is 3. The van der Waals surface area contributed by atoms with Crippen LogP contribution in [-0.4, -0.2) is 30.3 Å². The molecule has 0 radical (unpaired) electrons. The molecule has 1 heterocycles. The van der Waals surface area contributed by atoms with Crippen molar-refractivity contribution in [3.05, 3.63) is 65.2 Å². The van der Waals surface area contributed by atoms with Gasteiger partial charge in [-0.1, -0.05) is 31.2 Å². The summed E-state index contributed by atoms with van der Waals surface area (Å²) in [4.78, 5) is 26.5. The Morgan fingerprint density at radius 3 is 2.60 bits per heavy atom. The van der Waals surface area contributed by atoms with E-state index in [2.05, 4.69) is 10.6 Å². The minimum atomic E-state index is -0.340. The van der Waals surface area contributed by atoms with Gasteiger partial charge in [-0.2, -0.15) is 0 Å². The van der Waals surface area contributed by atoms with Crippen molar-refractivity contribution in [3.63, 3.8) is 0 Å². The Kier molecular flexibility index (Phi) is 5.14. The van der Waals surface area contributed by atoms with Crippen molar-refractivity contribution in [2.75, 3.05) is 18.9 Å². The topological polar surface area (TPSA) is 61.4 Å². The first-order valence-corrected chi connectivity index (χ1v) is 8.57. The number of carbonyl (C=O) groups excluding carboxylic acids is 2. The summed E-state index contributed by atoms with van der Waals surface area (Å²) in [6, 6.07) is 14.6. The fourth-order valence-electron chi connectivity index (χ4n) is 3.10. The van der Waals surface area contributed by atoms with Crippen LogP contribution in [0.5, 0.6) is 0 Å². The lowest BCUT2D eigenvalue weighted by molar-refractivity contribution is -0.118. The fraction of sp³-hybridized carbons (Fsp3) is 0.300. The second-order valence-corrected chi connectivity index (χ2v) is 6.31. The smallest absolute Gasteiger partial charge is 0.253 e. The number of benzene rings is 2. The number of rotatable bonds is 5. The lowest BCUT2D eigenvalue weighted by Gasteiger charge is -2.16. The highest BCUT2D eigenvalue weighted by atomic mass is 16.2. The maximum atomic E-state index is 12.5. The molecule has 2 aromatic rings. The van der Waals surface area contributed by atoms with E-state index >= 15 is 0 Å². The van der Waals surface area contributed by atoms with Gasteiger partial charge in [-0.15, -0.1) is 0 Å². The molecule has 3 rings (SSSR count). The van der Waals surface area contributed by atoms with E-state index in [1.165, 1.54) is 0 Å². The zero-order valence-electron chi connectivity index (χ0n) is 14.6. The summed E-state index contributed by atoms with van der Waals surface area (Å²) in [7, 11) is 1.80. The first-order valence-electron chi connectivity index (χ1n) is 8.57. The fourth-order valence-corrected chi connectivity index (χ4v) is 3.10. The van der Waals surface area contributed by atoms with Crippen molar-refractivity contribution in [2.24, 2.45) is 0 Å². The maximum absolute atomic E-state index is 12.5. The quantitative estimate of drug-likeness (QED) is 0.882. The Morgan fingerprint density at radius 1 is 1.16 bits per heavy atom. The number of hydrogen-bond donors (Lipinski definition) is 2. The van der Waals surface area contributed by atoms with Gasteiger partial charge in [0.05, 0.1) is 0 Å². The van der Waals surface area contributed by atoms with Crippen molar-refractivity contribution in [1.29, 1.82) is 0 Å². The molecular weight excluding hydrogens is 314 g/mol. The van der Waals surface area contributed by atoms with Gasteiger partial charge in [0.25, 0.3) is 5.91 Å². The average molecular weight is 337 g/mol. The van der Waals surface area contributed by atoms with Gasteiger partial charge in [-0.05, 0) is 41.8 Å². The minimum absolute atomic E-state index is 0.00823. The van der Waals surface area contributed by atoms with Crippen LogP contribution in [-0.2, 0) is 11.3 Å². The van der Waals surface area contributed by atoms with Gasteiger partial charge in [0, 0.05) is 31.4 Å². The molecule has 25 heavy (non-hydrogen) atoms. The van der Waals surface area contributed by atoms with Crippen molar-refractivity contribution < 1.29 is 9.59 Å². The first-order chi connectivity index (χ1) is 12.1. The van der Waals surface area contributed by atoms with Crippen LogP contribution in [0.25, 0.3) is 0 Å². The molecule has 2 N–H and O–H groups in total. The molecule has 5 nitrogen and oxygen atoms in total. The number of anilines is 1. The van der Waals surface area contributed by atoms with E-state index in [0.717, 1.165) is 24.1 Å². The molecule has 0 saturated carbocycles. The Bertz CT molecular complexity index is 771. The van der Waals surface area contributed by atoms with Crippen LogP contribution in [0.3, 0.4) is 0 Å². The lowest BCUT2D eigenvalue weighted by Crippen LogP contribution is -2.28. The van der Waals surface area contributed by atoms with Gasteiger partial charge < -0.3 is 10.2 Å². The van der Waals surface area contributed by atoms with E-state index in [0.29, 0.717) is 17.8 Å². The summed E-state index contributed by atoms with van der Waals surface area (Å²) in [5.74, 6) is -0.0989. The Balaban J connectivity index is 1.66. The number of amides is 2. The minimum Gasteiger partial charge on any atom is -0.342 e. The lowest BCUT2D eigenvalue weighted by atomic mass is 10.0. The van der Waals surface area contributed by atoms with Crippen LogP contribution < -0.4 is 10.6 Å². The summed E-state index contributed by atoms with van der Waals surface area (Å²) in [5.41, 5.74) is 3.49. The molecule has 5 heteroatoms. The van der Waals surface area contributed by atoms with Gasteiger partial charge in [-0.25, -0.2) is 0 Å². The zero-order valence-corrected chi connectivity index (χ0v) is 14.6. The first kappa shape index (κ1) is 17.2. The molecular formula is C20H23N3O2. The van der Waals surface area contributed by atoms with E-state index in [1.807, 2.05) is 31.2 Å². The average Bonchev–Trinajstić information content (AvgIpc) is 3.06. The van der Waals surface area contributed by atoms with Gasteiger partial charge in [0.1, 0.15) is 6.04 Å². The predicted octanol–water partition coefficient (Wildman–Crippen LogP) is 2.95. The van der Waals surface area contributed by atoms with Crippen LogP contribution in [0.1, 0.15) is 40.9 Å². The molecule has 1 atom stereocenters. The molecule has 0 aromatic heterocycles. The van der Waals surface area contributed by atoms with Crippen LogP contribution in [0.4, 0.5) is 5.69 Å². The second-order valence-electron chi connectivity index (χ2n) is 6.31. The van der Waals surface area contributed by atoms with Crippen LogP contribution in [0, 0.1) is 0 Å². The monoisotopic (exact) mass is 337 g/mol. The molecule has 1 unspecified atom stereocenters. The van der Waals surface area contributed by atoms with Gasteiger partial charge in [0.15, 0.2) is 0 Å². The number of carbonyl (C=O) groups is 2. The van der Waals surface area contributed by atoms with E-state index in [9.17, 15) is 9.59 Å². The normalized spacial score (nSPS) is 15.5. The van der Waals surface area contributed by atoms with Gasteiger partial charge in [0.2, 0.25) is 5.91 Å². The van der Waals surface area contributed by atoms with Crippen LogP contribution >= 0.6 is 0 Å². The predicted molar refractivity (Wildman–Crippen MR) is 98.3 cm³/mol. The second kappa shape index (κ2) is 7.49. The Labute approximate surface area is 148 Å². The van der Waals surface area contributed by atoms with E-state index in [1.54, 1.807) is 36.2 Å². The molecule has 0 bridgehead atoms. The number of nitrogens with one attached hydrogen (secondary N) is 2. The van der Waals surface area contributed by atoms with Crippen molar-refractivity contribution in [2.45, 2.75) is 25.9 Å². The molecule has 130 valence electrons. The number of fused-ring (bicyclic) bond motifs is 1. The van der Waals surface area contributed by atoms with Crippen molar-refractivity contribution in [1.82, 2.24) is 10.2 Å². The molecule has 0 fully saturated rings. The molecule has 2 amide bonds. The van der Waals surface area contributed by atoms with Crippen LogP contribution in [0.2, 0.25) is 0 Å². The highest BCUT2D eigenvalue weighted by Gasteiger charge is 2.27. The maximum Gasteiger partial charge on any atom is 0.253 e. The zero-order chi connectivity index (χ0) is 17.8. The van der Waals surface area contributed by atoms with E-state index in [4.69, 9.17) is 0 Å². The summed E-state index contributed by atoms with van der Waals surface area (Å²) >= 11 is 0. The molecule has 1 aliphatic heterocycles. The summed E-state index contributed by atoms with van der Waals surface area (Å²) in [6.07, 6.45) is 0.923. The summed E-state index contributed by atoms with van der Waals surface area (Å²) in [5, 5.41) is 6.15. The largest absolute Gasteiger partial charge is 0.342 e. The molecule has 0 aliphatic carbocycles. The third-order valence-corrected chi connectivity index (χ3v) is 4.43. The highest BCUT2D eigenvalue weighted by molar-refractivity contribution is 5.98. The molecule has 0 spiro atoms. The standard InChI is InChI=1S/C20H23N3O2/c1-3-12-23(2)20(25)14-8-10-16(11-9-14)22-19(24)18-17-7-5-4-6-15(17)13-21-18/h4-11,18,21H,3,12-13H2,1-2H3,(H,22,24). The van der Waals surface area contributed by atoms with E-state index in [-0.39, 0.29) is 17.9 Å². The highest BCUT2D eigenvalue weighted by Crippen LogP contribution is 2.26. The third-order valence-electron chi connectivity index (χ3n) is 4.43. The van der Waals surface area contributed by atoms with Crippen molar-refractivity contribution in [3.8, 4) is 0 Å². The Hall–Kier alpha value is -2.66. The summed E-state index contributed by atoms with van der Waals surface area (Å²) in [6.45, 7) is 3.47. The molecule has 0 saturated heterocycles. The van der Waals surface area contributed by atoms with Gasteiger partial charge in [-0.3, -0.25) is 14.9 Å². The molecule has 1 aliphatic rings. The Morgan fingerprint density at radius 2 is 1.88 bits per heavy atom. The number of nitrogens with zero attached hydrogens (tertiary/aromatic N) is 1. The van der Waals surface area contributed by atoms with Gasteiger partial charge >= 0.3 is 0 Å². The third kappa shape index (κ3) is 3.72.